The van der Waals surface area contributed by atoms with Crippen molar-refractivity contribution in [3.05, 3.63) is 23.2 Å². The fourth-order valence-electron chi connectivity index (χ4n) is 2.80. The lowest BCUT2D eigenvalue weighted by atomic mass is 10.1. The first-order chi connectivity index (χ1) is 10.7. The smallest absolute Gasteiger partial charge is 0.228 e. The molecule has 2 atom stereocenters. The average Bonchev–Trinajstić information content (AvgIpc) is 3.20. The highest BCUT2D eigenvalue weighted by atomic mass is 35.5. The molecule has 2 fully saturated rings. The van der Waals surface area contributed by atoms with Gasteiger partial charge in [-0.15, -0.1) is 0 Å². The van der Waals surface area contributed by atoms with E-state index in [0.29, 0.717) is 23.1 Å². The molecule has 2 aliphatic heterocycles. The van der Waals surface area contributed by atoms with Crippen LogP contribution in [0.1, 0.15) is 19.3 Å². The zero-order chi connectivity index (χ0) is 15.4. The Hall–Kier alpha value is -1.30. The van der Waals surface area contributed by atoms with Crippen LogP contribution < -0.4 is 15.4 Å². The number of hydrogen-bond acceptors (Lipinski definition) is 4. The third-order valence-corrected chi connectivity index (χ3v) is 4.31. The molecule has 2 unspecified atom stereocenters. The largest absolute Gasteiger partial charge is 0.489 e. The molecule has 2 N–H and O–H groups in total. The predicted molar refractivity (Wildman–Crippen MR) is 85.5 cm³/mol. The van der Waals surface area contributed by atoms with Crippen molar-refractivity contribution in [1.82, 2.24) is 5.32 Å². The molecule has 3 rings (SSSR count). The first kappa shape index (κ1) is 15.6. The molecule has 120 valence electrons. The Morgan fingerprint density at radius 1 is 1.45 bits per heavy atom. The minimum atomic E-state index is 0.00463. The second-order valence-corrected chi connectivity index (χ2v) is 6.20. The number of carbonyl (C=O) groups excluding carboxylic acids is 1. The molecule has 1 amide bonds. The SMILES string of the molecule is O=C(Nc1cc(Cl)ccc1OCC1CCCO1)C1CCNC1. The Morgan fingerprint density at radius 2 is 2.36 bits per heavy atom. The van der Waals surface area contributed by atoms with Gasteiger partial charge in [0, 0.05) is 18.2 Å². The molecular formula is C16H21ClN2O3. The molecule has 0 radical (unpaired) electrons. The van der Waals surface area contributed by atoms with E-state index in [0.717, 1.165) is 39.0 Å². The maximum atomic E-state index is 12.3. The number of halogens is 1. The van der Waals surface area contributed by atoms with Gasteiger partial charge in [0.15, 0.2) is 0 Å². The molecule has 6 heteroatoms. The maximum absolute atomic E-state index is 12.3. The fraction of sp³-hybridized carbons (Fsp3) is 0.562. The van der Waals surface area contributed by atoms with Crippen LogP contribution in [0.25, 0.3) is 0 Å². The minimum absolute atomic E-state index is 0.00463. The van der Waals surface area contributed by atoms with E-state index in [1.807, 2.05) is 0 Å². The van der Waals surface area contributed by atoms with Gasteiger partial charge in [-0.3, -0.25) is 4.79 Å². The van der Waals surface area contributed by atoms with Gasteiger partial charge in [0.25, 0.3) is 0 Å². The van der Waals surface area contributed by atoms with Gasteiger partial charge < -0.3 is 20.1 Å². The monoisotopic (exact) mass is 324 g/mol. The second-order valence-electron chi connectivity index (χ2n) is 5.77. The molecular weight excluding hydrogens is 304 g/mol. The Balaban J connectivity index is 1.65. The summed E-state index contributed by atoms with van der Waals surface area (Å²) < 4.78 is 11.4. The van der Waals surface area contributed by atoms with Gasteiger partial charge in [0.1, 0.15) is 12.4 Å². The molecule has 1 aromatic carbocycles. The van der Waals surface area contributed by atoms with Crippen LogP contribution in [0.2, 0.25) is 5.02 Å². The van der Waals surface area contributed by atoms with Crippen molar-refractivity contribution in [1.29, 1.82) is 0 Å². The van der Waals surface area contributed by atoms with E-state index in [1.165, 1.54) is 0 Å². The van der Waals surface area contributed by atoms with Gasteiger partial charge >= 0.3 is 0 Å². The first-order valence-electron chi connectivity index (χ1n) is 7.78. The summed E-state index contributed by atoms with van der Waals surface area (Å²) in [6.45, 7) is 2.90. The van der Waals surface area contributed by atoms with Crippen molar-refractivity contribution in [2.45, 2.75) is 25.4 Å². The van der Waals surface area contributed by atoms with Crippen LogP contribution in [0.3, 0.4) is 0 Å². The number of benzene rings is 1. The Labute approximate surface area is 135 Å². The quantitative estimate of drug-likeness (QED) is 0.873. The number of hydrogen-bond donors (Lipinski definition) is 2. The van der Waals surface area contributed by atoms with Gasteiger partial charge in [-0.05, 0) is 44.0 Å². The summed E-state index contributed by atoms with van der Waals surface area (Å²) in [6.07, 6.45) is 3.09. The molecule has 2 saturated heterocycles. The van der Waals surface area contributed by atoms with E-state index in [-0.39, 0.29) is 17.9 Å². The molecule has 0 aliphatic carbocycles. The zero-order valence-electron chi connectivity index (χ0n) is 12.4. The highest BCUT2D eigenvalue weighted by molar-refractivity contribution is 6.31. The van der Waals surface area contributed by atoms with E-state index >= 15 is 0 Å². The summed E-state index contributed by atoms with van der Waals surface area (Å²) in [7, 11) is 0. The van der Waals surface area contributed by atoms with E-state index in [4.69, 9.17) is 21.1 Å². The third-order valence-electron chi connectivity index (χ3n) is 4.08. The van der Waals surface area contributed by atoms with E-state index < -0.39 is 0 Å². The van der Waals surface area contributed by atoms with Gasteiger partial charge in [-0.1, -0.05) is 11.6 Å². The molecule has 2 aliphatic rings. The van der Waals surface area contributed by atoms with Crippen molar-refractivity contribution < 1.29 is 14.3 Å². The highest BCUT2D eigenvalue weighted by Gasteiger charge is 2.23. The summed E-state index contributed by atoms with van der Waals surface area (Å²) in [5, 5.41) is 6.71. The van der Waals surface area contributed by atoms with Crippen LogP contribution in [-0.4, -0.2) is 38.3 Å². The van der Waals surface area contributed by atoms with Crippen molar-refractivity contribution >= 4 is 23.2 Å². The van der Waals surface area contributed by atoms with Crippen LogP contribution in [0.4, 0.5) is 5.69 Å². The van der Waals surface area contributed by atoms with Gasteiger partial charge in [0.05, 0.1) is 17.7 Å². The fourth-order valence-corrected chi connectivity index (χ4v) is 2.97. The number of ether oxygens (including phenoxy) is 2. The summed E-state index contributed by atoms with van der Waals surface area (Å²) in [6, 6.07) is 5.28. The lowest BCUT2D eigenvalue weighted by Gasteiger charge is -2.16. The molecule has 1 aromatic rings. The Kier molecular flexibility index (Phi) is 5.18. The molecule has 5 nitrogen and oxygen atoms in total. The number of amides is 1. The van der Waals surface area contributed by atoms with Crippen molar-refractivity contribution in [3.63, 3.8) is 0 Å². The van der Waals surface area contributed by atoms with Crippen LogP contribution in [-0.2, 0) is 9.53 Å². The van der Waals surface area contributed by atoms with Gasteiger partial charge in [0.2, 0.25) is 5.91 Å². The summed E-state index contributed by atoms with van der Waals surface area (Å²) in [5.74, 6) is 0.651. The Bertz CT molecular complexity index is 526. The van der Waals surface area contributed by atoms with E-state index in [2.05, 4.69) is 10.6 Å². The normalized spacial score (nSPS) is 24.4. The first-order valence-corrected chi connectivity index (χ1v) is 8.16. The molecule has 0 saturated carbocycles. The molecule has 0 spiro atoms. The number of carbonyl (C=O) groups is 1. The minimum Gasteiger partial charge on any atom is -0.489 e. The Morgan fingerprint density at radius 3 is 3.09 bits per heavy atom. The number of rotatable bonds is 5. The standard InChI is InChI=1S/C16H21ClN2O3/c17-12-3-4-15(22-10-13-2-1-7-21-13)14(8-12)19-16(20)11-5-6-18-9-11/h3-4,8,11,13,18H,1-2,5-7,9-10H2,(H,19,20). The van der Waals surface area contributed by atoms with Crippen LogP contribution in [0, 0.1) is 5.92 Å². The third kappa shape index (κ3) is 3.91. The van der Waals surface area contributed by atoms with Gasteiger partial charge in [-0.25, -0.2) is 0 Å². The van der Waals surface area contributed by atoms with E-state index in [1.54, 1.807) is 18.2 Å². The molecule has 22 heavy (non-hydrogen) atoms. The summed E-state index contributed by atoms with van der Waals surface area (Å²) in [5.41, 5.74) is 0.627. The number of nitrogens with one attached hydrogen (secondary N) is 2. The highest BCUT2D eigenvalue weighted by Crippen LogP contribution is 2.29. The van der Waals surface area contributed by atoms with Crippen LogP contribution in [0.5, 0.6) is 5.75 Å². The average molecular weight is 325 g/mol. The lowest BCUT2D eigenvalue weighted by Crippen LogP contribution is -2.25. The second kappa shape index (κ2) is 7.31. The molecule has 2 heterocycles. The summed E-state index contributed by atoms with van der Waals surface area (Å²) in [4.78, 5) is 12.3. The van der Waals surface area contributed by atoms with Gasteiger partial charge in [-0.2, -0.15) is 0 Å². The van der Waals surface area contributed by atoms with E-state index in [9.17, 15) is 4.79 Å². The lowest BCUT2D eigenvalue weighted by molar-refractivity contribution is -0.119. The van der Waals surface area contributed by atoms with Crippen LogP contribution >= 0.6 is 11.6 Å². The predicted octanol–water partition coefficient (Wildman–Crippen LogP) is 2.45. The maximum Gasteiger partial charge on any atom is 0.228 e. The van der Waals surface area contributed by atoms with Crippen molar-refractivity contribution in [2.24, 2.45) is 5.92 Å². The zero-order valence-corrected chi connectivity index (χ0v) is 13.2. The topological polar surface area (TPSA) is 59.6 Å². The number of anilines is 1. The van der Waals surface area contributed by atoms with Crippen molar-refractivity contribution in [2.75, 3.05) is 31.6 Å². The van der Waals surface area contributed by atoms with Crippen molar-refractivity contribution in [3.8, 4) is 5.75 Å². The molecule has 0 bridgehead atoms. The van der Waals surface area contributed by atoms with Crippen LogP contribution in [0.15, 0.2) is 18.2 Å². The molecule has 0 aromatic heterocycles. The summed E-state index contributed by atoms with van der Waals surface area (Å²) >= 11 is 6.04.